The molecule has 0 aliphatic heterocycles. The van der Waals surface area contributed by atoms with Crippen LogP contribution in [-0.4, -0.2) is 33.0 Å². The minimum absolute atomic E-state index is 0.0417. The molecule has 7 heteroatoms. The molecular weight excluding hydrogens is 362 g/mol. The number of benzene rings is 1. The number of hydrogen-bond acceptors (Lipinski definition) is 4. The van der Waals surface area contributed by atoms with Crippen LogP contribution in [0.4, 0.5) is 8.78 Å². The van der Waals surface area contributed by atoms with Crippen LogP contribution in [0.1, 0.15) is 22.3 Å². The molecular formula is C21H22F2N4O. The Balaban J connectivity index is 1.97. The third-order valence-electron chi connectivity index (χ3n) is 4.46. The van der Waals surface area contributed by atoms with Crippen LogP contribution >= 0.6 is 0 Å². The van der Waals surface area contributed by atoms with E-state index in [0.29, 0.717) is 17.7 Å². The summed E-state index contributed by atoms with van der Waals surface area (Å²) in [5.41, 5.74) is 3.63. The van der Waals surface area contributed by atoms with Gasteiger partial charge in [-0.05, 0) is 47.4 Å². The number of aliphatic hydroxyl groups excluding tert-OH is 1. The van der Waals surface area contributed by atoms with Crippen molar-refractivity contribution >= 4 is 5.57 Å². The van der Waals surface area contributed by atoms with Crippen molar-refractivity contribution in [2.45, 2.75) is 13.5 Å². The number of aryl methyl sites for hydroxylation is 2. The minimum atomic E-state index is -0.685. The summed E-state index contributed by atoms with van der Waals surface area (Å²) in [7, 11) is 1.81. The average molecular weight is 384 g/mol. The largest absolute Gasteiger partial charge is 0.395 e. The third-order valence-corrected chi connectivity index (χ3v) is 4.46. The van der Waals surface area contributed by atoms with E-state index in [1.165, 1.54) is 12.1 Å². The minimum Gasteiger partial charge on any atom is -0.395 e. The van der Waals surface area contributed by atoms with E-state index in [4.69, 9.17) is 5.11 Å². The molecule has 0 unspecified atom stereocenters. The van der Waals surface area contributed by atoms with Gasteiger partial charge in [0.1, 0.15) is 11.6 Å². The zero-order chi connectivity index (χ0) is 20.3. The highest BCUT2D eigenvalue weighted by Crippen LogP contribution is 2.31. The first-order valence-corrected chi connectivity index (χ1v) is 8.85. The van der Waals surface area contributed by atoms with Gasteiger partial charge in [-0.1, -0.05) is 6.58 Å². The Morgan fingerprint density at radius 3 is 2.54 bits per heavy atom. The predicted molar refractivity (Wildman–Crippen MR) is 104 cm³/mol. The first-order chi connectivity index (χ1) is 13.4. The Labute approximate surface area is 162 Å². The van der Waals surface area contributed by atoms with Crippen LogP contribution in [0.25, 0.3) is 16.8 Å². The Hall–Kier alpha value is -2.90. The zero-order valence-electron chi connectivity index (χ0n) is 15.8. The van der Waals surface area contributed by atoms with E-state index in [9.17, 15) is 8.78 Å². The number of rotatable bonds is 7. The lowest BCUT2D eigenvalue weighted by Gasteiger charge is -2.12. The van der Waals surface area contributed by atoms with Gasteiger partial charge < -0.3 is 10.4 Å². The molecule has 3 aromatic rings. The number of pyridine rings is 1. The second-order valence-electron chi connectivity index (χ2n) is 6.60. The topological polar surface area (TPSA) is 63.0 Å². The summed E-state index contributed by atoms with van der Waals surface area (Å²) >= 11 is 0. The van der Waals surface area contributed by atoms with Crippen LogP contribution < -0.4 is 5.32 Å². The van der Waals surface area contributed by atoms with Crippen LogP contribution in [0.5, 0.6) is 0 Å². The van der Waals surface area contributed by atoms with Crippen LogP contribution in [0, 0.1) is 18.6 Å². The summed E-state index contributed by atoms with van der Waals surface area (Å²) in [6, 6.07) is 4.20. The van der Waals surface area contributed by atoms with E-state index in [1.807, 2.05) is 20.2 Å². The summed E-state index contributed by atoms with van der Waals surface area (Å²) in [5, 5.41) is 15.8. The quantitative estimate of drug-likeness (QED) is 0.614. The molecule has 0 amide bonds. The standard InChI is InChI=1S/C21H22F2N4O/c1-13-9-25-20(8-17(13)14(2)16-11-26-27(3)12-16)21-18(22)6-15(7-19(21)23)10-24-4-5-28/h6-9,11-12,24,28H,2,4-5,10H2,1,3H3. The van der Waals surface area contributed by atoms with Gasteiger partial charge in [0.25, 0.3) is 0 Å². The van der Waals surface area contributed by atoms with E-state index < -0.39 is 11.6 Å². The predicted octanol–water partition coefficient (Wildman–Crippen LogP) is 3.21. The zero-order valence-corrected chi connectivity index (χ0v) is 15.8. The number of aromatic nitrogens is 3. The van der Waals surface area contributed by atoms with Gasteiger partial charge in [0.05, 0.1) is 24.1 Å². The number of nitrogens with zero attached hydrogens (tertiary/aromatic N) is 3. The van der Waals surface area contributed by atoms with Crippen molar-refractivity contribution in [2.75, 3.05) is 13.2 Å². The summed E-state index contributed by atoms with van der Waals surface area (Å²) in [6.45, 7) is 6.55. The maximum atomic E-state index is 14.7. The van der Waals surface area contributed by atoms with Crippen LogP contribution in [0.15, 0.2) is 43.4 Å². The number of nitrogens with one attached hydrogen (secondary N) is 1. The van der Waals surface area contributed by atoms with E-state index >= 15 is 0 Å². The SMILES string of the molecule is C=C(c1cnn(C)c1)c1cc(-c2c(F)cc(CNCCO)cc2F)ncc1C. The Kier molecular flexibility index (Phi) is 5.96. The van der Waals surface area contributed by atoms with Gasteiger partial charge in [-0.25, -0.2) is 8.78 Å². The normalized spacial score (nSPS) is 11.0. The van der Waals surface area contributed by atoms with Gasteiger partial charge in [-0.3, -0.25) is 9.67 Å². The molecule has 5 nitrogen and oxygen atoms in total. The van der Waals surface area contributed by atoms with Crippen molar-refractivity contribution in [3.8, 4) is 11.3 Å². The number of hydrogen-bond donors (Lipinski definition) is 2. The second-order valence-corrected chi connectivity index (χ2v) is 6.60. The molecule has 2 N–H and O–H groups in total. The van der Waals surface area contributed by atoms with Gasteiger partial charge in [-0.15, -0.1) is 0 Å². The fraction of sp³-hybridized carbons (Fsp3) is 0.238. The van der Waals surface area contributed by atoms with Gasteiger partial charge in [-0.2, -0.15) is 5.10 Å². The third kappa shape index (κ3) is 4.16. The molecule has 28 heavy (non-hydrogen) atoms. The summed E-state index contributed by atoms with van der Waals surface area (Å²) in [6.07, 6.45) is 5.11. The molecule has 0 aliphatic rings. The van der Waals surface area contributed by atoms with Crippen molar-refractivity contribution in [3.63, 3.8) is 0 Å². The van der Waals surface area contributed by atoms with Gasteiger partial charge >= 0.3 is 0 Å². The molecule has 146 valence electrons. The number of aliphatic hydroxyl groups is 1. The monoisotopic (exact) mass is 384 g/mol. The van der Waals surface area contributed by atoms with Gasteiger partial charge in [0.2, 0.25) is 0 Å². The lowest BCUT2D eigenvalue weighted by Crippen LogP contribution is -2.17. The molecule has 3 rings (SSSR count). The van der Waals surface area contributed by atoms with Crippen molar-refractivity contribution in [3.05, 3.63) is 77.3 Å². The maximum Gasteiger partial charge on any atom is 0.135 e. The van der Waals surface area contributed by atoms with Crippen molar-refractivity contribution in [1.82, 2.24) is 20.1 Å². The number of halogens is 2. The second kappa shape index (κ2) is 8.41. The molecule has 1 aromatic carbocycles. The van der Waals surface area contributed by atoms with Crippen LogP contribution in [0.2, 0.25) is 0 Å². The van der Waals surface area contributed by atoms with E-state index in [1.54, 1.807) is 23.1 Å². The van der Waals surface area contributed by atoms with E-state index in [0.717, 1.165) is 16.7 Å². The molecule has 0 saturated carbocycles. The Morgan fingerprint density at radius 1 is 1.21 bits per heavy atom. The fourth-order valence-corrected chi connectivity index (χ4v) is 3.00. The lowest BCUT2D eigenvalue weighted by atomic mass is 9.96. The summed E-state index contributed by atoms with van der Waals surface area (Å²) < 4.78 is 31.0. The summed E-state index contributed by atoms with van der Waals surface area (Å²) in [4.78, 5) is 4.23. The molecule has 0 spiro atoms. The molecule has 0 bridgehead atoms. The highest BCUT2D eigenvalue weighted by atomic mass is 19.1. The first kappa shape index (κ1) is 19.9. The molecule has 0 fully saturated rings. The molecule has 0 saturated heterocycles. The summed E-state index contributed by atoms with van der Waals surface area (Å²) in [5.74, 6) is -1.37. The molecule has 2 aromatic heterocycles. The van der Waals surface area contributed by atoms with Crippen molar-refractivity contribution in [1.29, 1.82) is 0 Å². The average Bonchev–Trinajstić information content (AvgIpc) is 3.08. The Morgan fingerprint density at radius 2 is 1.93 bits per heavy atom. The molecule has 0 radical (unpaired) electrons. The molecule has 0 aliphatic carbocycles. The van der Waals surface area contributed by atoms with Gasteiger partial charge in [0.15, 0.2) is 0 Å². The van der Waals surface area contributed by atoms with E-state index in [2.05, 4.69) is 22.0 Å². The first-order valence-electron chi connectivity index (χ1n) is 8.85. The molecule has 0 atom stereocenters. The van der Waals surface area contributed by atoms with E-state index in [-0.39, 0.29) is 24.4 Å². The lowest BCUT2D eigenvalue weighted by molar-refractivity contribution is 0.292. The van der Waals surface area contributed by atoms with Crippen LogP contribution in [0.3, 0.4) is 0 Å². The Bertz CT molecular complexity index is 990. The highest BCUT2D eigenvalue weighted by Gasteiger charge is 2.17. The smallest absolute Gasteiger partial charge is 0.135 e. The fourth-order valence-electron chi connectivity index (χ4n) is 3.00. The van der Waals surface area contributed by atoms with Crippen LogP contribution in [-0.2, 0) is 13.6 Å². The maximum absolute atomic E-state index is 14.7. The molecule has 2 heterocycles. The van der Waals surface area contributed by atoms with Crippen molar-refractivity contribution < 1.29 is 13.9 Å². The van der Waals surface area contributed by atoms with Gasteiger partial charge in [0, 0.05) is 38.1 Å². The van der Waals surface area contributed by atoms with Crippen molar-refractivity contribution in [2.24, 2.45) is 7.05 Å². The highest BCUT2D eigenvalue weighted by molar-refractivity contribution is 5.81.